The maximum atomic E-state index is 14.6. The Bertz CT molecular complexity index is 1680. The van der Waals surface area contributed by atoms with Crippen LogP contribution in [-0.4, -0.2) is 95.0 Å². The Morgan fingerprint density at radius 3 is 1.93 bits per heavy atom. The molecule has 2 aliphatic carbocycles. The highest BCUT2D eigenvalue weighted by Gasteiger charge is 2.69. The van der Waals surface area contributed by atoms with Crippen molar-refractivity contribution in [3.05, 3.63) is 54.6 Å². The first-order chi connectivity index (χ1) is 25.4. The molecular weight excluding hydrogens is 720 g/mol. The van der Waals surface area contributed by atoms with Gasteiger partial charge in [-0.15, -0.1) is 0 Å². The third-order valence-corrected chi connectivity index (χ3v) is 9.48. The van der Waals surface area contributed by atoms with Gasteiger partial charge in [0.05, 0.1) is 11.8 Å². The van der Waals surface area contributed by atoms with Gasteiger partial charge >= 0.3 is 35.8 Å². The maximum absolute atomic E-state index is 14.6. The van der Waals surface area contributed by atoms with Gasteiger partial charge in [-0.05, 0) is 19.1 Å². The molecule has 2 aliphatic rings. The van der Waals surface area contributed by atoms with Gasteiger partial charge in [0.1, 0.15) is 23.1 Å². The number of hydrogen-bond donors (Lipinski definition) is 1. The average molecular weight is 773 g/mol. The fourth-order valence-electron chi connectivity index (χ4n) is 7.10. The highest BCUT2D eigenvalue weighted by Crippen LogP contribution is 2.52. The third kappa shape index (κ3) is 10.6. The minimum atomic E-state index is -2.61. The van der Waals surface area contributed by atoms with Crippen molar-refractivity contribution in [2.45, 2.75) is 117 Å². The monoisotopic (exact) mass is 772 g/mol. The van der Waals surface area contributed by atoms with E-state index >= 15 is 0 Å². The van der Waals surface area contributed by atoms with E-state index in [0.717, 1.165) is 27.7 Å². The maximum Gasteiger partial charge on any atom is 0.344 e. The van der Waals surface area contributed by atoms with E-state index in [1.807, 2.05) is 0 Å². The molecule has 0 bridgehead atoms. The number of ketones is 1. The van der Waals surface area contributed by atoms with Gasteiger partial charge in [0.2, 0.25) is 0 Å². The van der Waals surface area contributed by atoms with E-state index in [4.69, 9.17) is 33.2 Å². The summed E-state index contributed by atoms with van der Waals surface area (Å²) >= 11 is 0. The second-order valence-electron chi connectivity index (χ2n) is 15.1. The van der Waals surface area contributed by atoms with Crippen molar-refractivity contribution in [3.8, 4) is 5.75 Å². The molecule has 55 heavy (non-hydrogen) atoms. The highest BCUT2D eigenvalue weighted by molar-refractivity contribution is 5.92. The Morgan fingerprint density at radius 1 is 0.818 bits per heavy atom. The fourth-order valence-corrected chi connectivity index (χ4v) is 7.10. The van der Waals surface area contributed by atoms with Gasteiger partial charge in [-0.3, -0.25) is 28.8 Å². The molecule has 1 saturated carbocycles. The van der Waals surface area contributed by atoms with Crippen LogP contribution in [0.3, 0.4) is 0 Å². The summed E-state index contributed by atoms with van der Waals surface area (Å²) in [4.78, 5) is 92.6. The second-order valence-corrected chi connectivity index (χ2v) is 15.1. The molecule has 15 nitrogen and oxygen atoms in total. The number of ether oxygens (including phenoxy) is 7. The number of benzene rings is 1. The van der Waals surface area contributed by atoms with E-state index in [1.54, 1.807) is 44.2 Å². The van der Waals surface area contributed by atoms with Crippen molar-refractivity contribution < 1.29 is 71.8 Å². The smallest absolute Gasteiger partial charge is 0.344 e. The summed E-state index contributed by atoms with van der Waals surface area (Å²) in [5.74, 6) is -9.66. The van der Waals surface area contributed by atoms with Gasteiger partial charge in [-0.25, -0.2) is 4.79 Å². The Labute approximate surface area is 320 Å². The summed E-state index contributed by atoms with van der Waals surface area (Å²) in [5, 5.41) is 12.8. The summed E-state index contributed by atoms with van der Waals surface area (Å²) in [6, 6.07) is 8.27. The lowest BCUT2D eigenvalue weighted by Gasteiger charge is -2.44. The van der Waals surface area contributed by atoms with Gasteiger partial charge in [0.15, 0.2) is 36.8 Å². The van der Waals surface area contributed by atoms with Crippen LogP contribution in [0.15, 0.2) is 54.6 Å². The standard InChI is InChI=1S/C40H52O15/c1-21(2)37(47)54-32-23(4)31(50-24(5)41)30-35(53-29(45)19-49-28-15-13-12-14-16-28)39(11,55-27(8)44)20-40(30,48)34(46)22(3)17-18-38(9,10)36(52-26(7)43)33(32)51-25(6)42/h12-18,21-22,30-33,35-36,48H,4,19-20H2,1-3,5-11H3. The lowest BCUT2D eigenvalue weighted by molar-refractivity contribution is -0.195. The topological polar surface area (TPSA) is 204 Å². The predicted molar refractivity (Wildman–Crippen MR) is 193 cm³/mol. The van der Waals surface area contributed by atoms with Crippen LogP contribution in [0.4, 0.5) is 0 Å². The summed E-state index contributed by atoms with van der Waals surface area (Å²) in [6.07, 6.45) is -6.25. The third-order valence-electron chi connectivity index (χ3n) is 9.48. The van der Waals surface area contributed by atoms with Crippen LogP contribution in [0.5, 0.6) is 5.75 Å². The number of carbonyl (C=O) groups is 7. The van der Waals surface area contributed by atoms with Crippen molar-refractivity contribution in [2.24, 2.45) is 23.2 Å². The van der Waals surface area contributed by atoms with Gasteiger partial charge in [0.25, 0.3) is 0 Å². The molecule has 1 aromatic carbocycles. The normalized spacial score (nSPS) is 30.4. The van der Waals surface area contributed by atoms with Crippen LogP contribution in [0.2, 0.25) is 0 Å². The Morgan fingerprint density at radius 2 is 1.40 bits per heavy atom. The van der Waals surface area contributed by atoms with Crippen molar-refractivity contribution in [1.29, 1.82) is 0 Å². The van der Waals surface area contributed by atoms with Crippen molar-refractivity contribution >= 4 is 41.6 Å². The average Bonchev–Trinajstić information content (AvgIpc) is 3.29. The zero-order chi connectivity index (χ0) is 41.6. The van der Waals surface area contributed by atoms with E-state index in [9.17, 15) is 38.7 Å². The van der Waals surface area contributed by atoms with E-state index in [1.165, 1.54) is 39.8 Å². The van der Waals surface area contributed by atoms with Crippen LogP contribution >= 0.6 is 0 Å². The van der Waals surface area contributed by atoms with Crippen LogP contribution in [0.25, 0.3) is 0 Å². The SMILES string of the molecule is C=C1C(OC(=O)C(C)C)C(OC(C)=O)C(OC(C)=O)C(C)(C)C=CC(C)C(=O)C2(O)CC(C)(OC(C)=O)C(OC(=O)COc3ccccc3)C2C1OC(C)=O. The number of allylic oxidation sites excluding steroid dienone is 1. The largest absolute Gasteiger partial charge is 0.482 e. The van der Waals surface area contributed by atoms with Crippen molar-refractivity contribution in [2.75, 3.05) is 6.61 Å². The molecule has 3 rings (SSSR count). The number of hydrogen-bond acceptors (Lipinski definition) is 15. The summed E-state index contributed by atoms with van der Waals surface area (Å²) < 4.78 is 40.6. The number of esters is 6. The molecule has 9 unspecified atom stereocenters. The van der Waals surface area contributed by atoms with Gasteiger partial charge in [0, 0.05) is 51.0 Å². The van der Waals surface area contributed by atoms with Gasteiger partial charge < -0.3 is 38.3 Å². The van der Waals surface area contributed by atoms with E-state index in [0.29, 0.717) is 5.75 Å². The van der Waals surface area contributed by atoms with Crippen LogP contribution < -0.4 is 4.74 Å². The molecule has 9 atom stereocenters. The Balaban J connectivity index is 2.43. The van der Waals surface area contributed by atoms with E-state index in [-0.39, 0.29) is 5.57 Å². The first-order valence-electron chi connectivity index (χ1n) is 17.9. The zero-order valence-electron chi connectivity index (χ0n) is 32.9. The van der Waals surface area contributed by atoms with Crippen molar-refractivity contribution in [1.82, 2.24) is 0 Å². The molecule has 0 aliphatic heterocycles. The molecule has 1 N–H and O–H groups in total. The molecule has 15 heteroatoms. The molecule has 0 radical (unpaired) electrons. The number of para-hydroxylation sites is 1. The molecule has 0 amide bonds. The number of aliphatic hydroxyl groups is 1. The summed E-state index contributed by atoms with van der Waals surface area (Å²) in [6.45, 7) is 16.8. The summed E-state index contributed by atoms with van der Waals surface area (Å²) in [7, 11) is 0. The fraction of sp³-hybridized carbons (Fsp3) is 0.575. The highest BCUT2D eigenvalue weighted by atomic mass is 16.6. The van der Waals surface area contributed by atoms with E-state index in [2.05, 4.69) is 6.58 Å². The lowest BCUT2D eigenvalue weighted by atomic mass is 9.72. The number of rotatable bonds is 10. The van der Waals surface area contributed by atoms with E-state index < -0.39 is 120 Å². The second kappa shape index (κ2) is 17.6. The number of Topliss-reactive ketones (excluding diaryl/α,β-unsaturated/α-hetero) is 1. The lowest BCUT2D eigenvalue weighted by Crippen LogP contribution is -2.58. The molecule has 1 aromatic rings. The molecule has 0 saturated heterocycles. The van der Waals surface area contributed by atoms with Crippen LogP contribution in [0, 0.1) is 23.2 Å². The number of carbonyl (C=O) groups excluding carboxylic acids is 7. The van der Waals surface area contributed by atoms with Crippen molar-refractivity contribution in [3.63, 3.8) is 0 Å². The number of fused-ring (bicyclic) bond motifs is 1. The molecule has 0 spiro atoms. The van der Waals surface area contributed by atoms with Gasteiger partial charge in [-0.1, -0.05) is 71.5 Å². The molecule has 302 valence electrons. The van der Waals surface area contributed by atoms with Crippen LogP contribution in [-0.2, 0) is 62.0 Å². The first kappa shape index (κ1) is 44.3. The molecular formula is C40H52O15. The Hall–Kier alpha value is -5.05. The molecule has 0 heterocycles. The minimum absolute atomic E-state index is 0.315. The molecule has 0 aromatic heterocycles. The first-order valence-corrected chi connectivity index (χ1v) is 17.9. The van der Waals surface area contributed by atoms with Gasteiger partial charge in [-0.2, -0.15) is 0 Å². The minimum Gasteiger partial charge on any atom is -0.482 e. The predicted octanol–water partition coefficient (Wildman–Crippen LogP) is 3.77. The quantitative estimate of drug-likeness (QED) is 0.204. The van der Waals surface area contributed by atoms with Crippen LogP contribution in [0.1, 0.15) is 75.7 Å². The zero-order valence-corrected chi connectivity index (χ0v) is 32.9. The Kier molecular flexibility index (Phi) is 14.2. The molecule has 1 fully saturated rings. The summed E-state index contributed by atoms with van der Waals surface area (Å²) in [5.41, 5.74) is -6.19.